The highest BCUT2D eigenvalue weighted by atomic mass is 32.1. The van der Waals surface area contributed by atoms with Crippen molar-refractivity contribution in [3.63, 3.8) is 0 Å². The lowest BCUT2D eigenvalue weighted by Gasteiger charge is -2.29. The maximum Gasteiger partial charge on any atom is 0.262 e. The van der Waals surface area contributed by atoms with E-state index in [1.54, 1.807) is 12.4 Å². The Morgan fingerprint density at radius 2 is 1.73 bits per heavy atom. The number of nitrogens with one attached hydrogen (secondary N) is 2. The summed E-state index contributed by atoms with van der Waals surface area (Å²) < 4.78 is 7.68. The Morgan fingerprint density at radius 1 is 0.900 bits per heavy atom. The third kappa shape index (κ3) is 5.27. The predicted octanol–water partition coefficient (Wildman–Crippen LogP) is 5.46. The number of carbonyl (C=O) groups excluding carboxylic acids is 1. The van der Waals surface area contributed by atoms with Gasteiger partial charge in [-0.1, -0.05) is 24.3 Å². The van der Waals surface area contributed by atoms with E-state index in [0.29, 0.717) is 16.5 Å². The molecule has 0 bridgehead atoms. The molecule has 198 valence electrons. The minimum absolute atomic E-state index is 0.0783. The molecule has 2 N–H and O–H groups in total. The van der Waals surface area contributed by atoms with Crippen LogP contribution in [0.3, 0.4) is 0 Å². The number of hydrogen-bond donors (Lipinski definition) is 2. The predicted molar refractivity (Wildman–Crippen MR) is 159 cm³/mol. The van der Waals surface area contributed by atoms with Crippen LogP contribution < -0.4 is 20.3 Å². The first-order chi connectivity index (χ1) is 19.7. The molecule has 1 amide bonds. The van der Waals surface area contributed by atoms with Gasteiger partial charge in [-0.15, -0.1) is 0 Å². The van der Waals surface area contributed by atoms with E-state index in [2.05, 4.69) is 36.1 Å². The SMILES string of the molecule is O=C(COc1ccccc1)Nc1ccc(N2C(=S)N[C@H](c3ccccn3)[C@@H]2c2cccn2-c2cccnc2)cc1. The van der Waals surface area contributed by atoms with Gasteiger partial charge in [-0.25, -0.2) is 0 Å². The van der Waals surface area contributed by atoms with E-state index in [4.69, 9.17) is 17.0 Å². The van der Waals surface area contributed by atoms with Gasteiger partial charge < -0.3 is 24.8 Å². The molecule has 6 rings (SSSR count). The van der Waals surface area contributed by atoms with Crippen LogP contribution in [0.25, 0.3) is 5.69 Å². The molecule has 2 atom stereocenters. The summed E-state index contributed by atoms with van der Waals surface area (Å²) in [6, 6.07) is 30.4. The molecule has 5 aromatic rings. The standard InChI is InChI=1S/C31H26N6O2S/c38-28(21-39-25-9-2-1-3-10-25)34-22-13-15-23(16-14-22)37-30(29(35-31(37)40)26-11-4-5-18-33-26)27-12-7-19-36(27)24-8-6-17-32-20-24/h1-20,29-30H,21H2,(H,34,38)(H,35,40)/t29-,30+/m1/s1. The minimum Gasteiger partial charge on any atom is -0.484 e. The van der Waals surface area contributed by atoms with Crippen LogP contribution in [0.2, 0.25) is 0 Å². The fourth-order valence-electron chi connectivity index (χ4n) is 4.87. The Balaban J connectivity index is 1.27. The molecule has 3 aromatic heterocycles. The number of ether oxygens (including phenoxy) is 1. The van der Waals surface area contributed by atoms with Crippen LogP contribution in [0, 0.1) is 0 Å². The van der Waals surface area contributed by atoms with Gasteiger partial charge >= 0.3 is 0 Å². The lowest BCUT2D eigenvalue weighted by Crippen LogP contribution is -2.30. The van der Waals surface area contributed by atoms with Gasteiger partial charge in [0.25, 0.3) is 5.91 Å². The number of pyridine rings is 2. The molecule has 4 heterocycles. The smallest absolute Gasteiger partial charge is 0.262 e. The molecule has 9 heteroatoms. The summed E-state index contributed by atoms with van der Waals surface area (Å²) in [6.07, 6.45) is 7.41. The van der Waals surface area contributed by atoms with E-state index in [-0.39, 0.29) is 24.6 Å². The number of anilines is 2. The molecule has 0 saturated carbocycles. The molecule has 8 nitrogen and oxygen atoms in total. The largest absolute Gasteiger partial charge is 0.484 e. The zero-order valence-electron chi connectivity index (χ0n) is 21.4. The number of hydrogen-bond acceptors (Lipinski definition) is 5. The Labute approximate surface area is 237 Å². The van der Waals surface area contributed by atoms with Crippen LogP contribution in [-0.2, 0) is 4.79 Å². The maximum atomic E-state index is 12.5. The van der Waals surface area contributed by atoms with E-state index >= 15 is 0 Å². The van der Waals surface area contributed by atoms with Crippen LogP contribution in [0.5, 0.6) is 5.75 Å². The van der Waals surface area contributed by atoms with E-state index in [0.717, 1.165) is 22.8 Å². The minimum atomic E-state index is -0.239. The molecular formula is C31H26N6O2S. The fourth-order valence-corrected chi connectivity index (χ4v) is 5.21. The summed E-state index contributed by atoms with van der Waals surface area (Å²) in [6.45, 7) is -0.0783. The van der Waals surface area contributed by atoms with Crippen LogP contribution in [0.1, 0.15) is 23.5 Å². The molecule has 0 spiro atoms. The van der Waals surface area contributed by atoms with Gasteiger partial charge in [-0.2, -0.15) is 0 Å². The molecule has 0 radical (unpaired) electrons. The zero-order valence-corrected chi connectivity index (χ0v) is 22.2. The third-order valence-corrected chi connectivity index (χ3v) is 6.96. The Kier molecular flexibility index (Phi) is 7.19. The Hall–Kier alpha value is -5.02. The highest BCUT2D eigenvalue weighted by Crippen LogP contribution is 2.42. The molecule has 1 fully saturated rings. The summed E-state index contributed by atoms with van der Waals surface area (Å²) in [5, 5.41) is 6.98. The summed E-state index contributed by atoms with van der Waals surface area (Å²) in [7, 11) is 0. The number of benzene rings is 2. The van der Waals surface area contributed by atoms with Gasteiger partial charge in [-0.05, 0) is 85.0 Å². The summed E-state index contributed by atoms with van der Waals surface area (Å²) in [4.78, 5) is 23.5. The van der Waals surface area contributed by atoms with Gasteiger partial charge in [0.15, 0.2) is 11.7 Å². The van der Waals surface area contributed by atoms with Crippen LogP contribution in [-0.4, -0.2) is 32.2 Å². The van der Waals surface area contributed by atoms with Gasteiger partial charge in [0.1, 0.15) is 11.8 Å². The first-order valence-corrected chi connectivity index (χ1v) is 13.2. The monoisotopic (exact) mass is 546 g/mol. The van der Waals surface area contributed by atoms with Crippen molar-refractivity contribution in [2.75, 3.05) is 16.8 Å². The number of thiocarbonyl (C=S) groups is 1. The number of rotatable bonds is 8. The lowest BCUT2D eigenvalue weighted by molar-refractivity contribution is -0.118. The van der Waals surface area contributed by atoms with E-state index in [1.807, 2.05) is 103 Å². The first kappa shape index (κ1) is 25.3. The van der Waals surface area contributed by atoms with E-state index < -0.39 is 0 Å². The second-order valence-electron chi connectivity index (χ2n) is 9.21. The number of nitrogens with zero attached hydrogens (tertiary/aromatic N) is 4. The number of amides is 1. The second kappa shape index (κ2) is 11.4. The molecule has 40 heavy (non-hydrogen) atoms. The molecule has 1 saturated heterocycles. The van der Waals surface area contributed by atoms with Crippen molar-refractivity contribution in [2.24, 2.45) is 0 Å². The zero-order chi connectivity index (χ0) is 27.3. The average Bonchev–Trinajstić information content (AvgIpc) is 3.62. The molecule has 1 aliphatic heterocycles. The highest BCUT2D eigenvalue weighted by Gasteiger charge is 2.42. The normalized spacial score (nSPS) is 16.4. The van der Waals surface area contributed by atoms with Crippen molar-refractivity contribution < 1.29 is 9.53 Å². The highest BCUT2D eigenvalue weighted by molar-refractivity contribution is 7.80. The topological polar surface area (TPSA) is 84.3 Å². The van der Waals surface area contributed by atoms with Crippen molar-refractivity contribution in [2.45, 2.75) is 12.1 Å². The quantitative estimate of drug-likeness (QED) is 0.250. The van der Waals surface area contributed by atoms with Gasteiger partial charge in [0.05, 0.1) is 23.6 Å². The summed E-state index contributed by atoms with van der Waals surface area (Å²) >= 11 is 5.87. The van der Waals surface area contributed by atoms with Gasteiger partial charge in [-0.3, -0.25) is 14.8 Å². The molecule has 0 unspecified atom stereocenters. The number of para-hydroxylation sites is 1. The number of aromatic nitrogens is 3. The maximum absolute atomic E-state index is 12.5. The van der Waals surface area contributed by atoms with Gasteiger partial charge in [0, 0.05) is 35.7 Å². The van der Waals surface area contributed by atoms with E-state index in [1.165, 1.54) is 0 Å². The Bertz CT molecular complexity index is 1590. The van der Waals surface area contributed by atoms with Crippen molar-refractivity contribution in [1.82, 2.24) is 19.9 Å². The van der Waals surface area contributed by atoms with Crippen molar-refractivity contribution in [3.8, 4) is 11.4 Å². The van der Waals surface area contributed by atoms with Crippen LogP contribution in [0.4, 0.5) is 11.4 Å². The summed E-state index contributed by atoms with van der Waals surface area (Å²) in [5.41, 5.74) is 4.43. The average molecular weight is 547 g/mol. The van der Waals surface area contributed by atoms with Crippen molar-refractivity contribution >= 4 is 34.6 Å². The van der Waals surface area contributed by atoms with E-state index in [9.17, 15) is 4.79 Å². The summed E-state index contributed by atoms with van der Waals surface area (Å²) in [5.74, 6) is 0.407. The lowest BCUT2D eigenvalue weighted by atomic mass is 10.0. The number of carbonyl (C=O) groups is 1. The Morgan fingerprint density at radius 3 is 2.48 bits per heavy atom. The van der Waals surface area contributed by atoms with Crippen LogP contribution in [0.15, 0.2) is 122 Å². The molecular weight excluding hydrogens is 520 g/mol. The van der Waals surface area contributed by atoms with Crippen molar-refractivity contribution in [3.05, 3.63) is 133 Å². The fraction of sp³-hybridized carbons (Fsp3) is 0.0968. The molecule has 2 aromatic carbocycles. The molecule has 0 aliphatic carbocycles. The first-order valence-electron chi connectivity index (χ1n) is 12.8. The van der Waals surface area contributed by atoms with Crippen molar-refractivity contribution in [1.29, 1.82) is 0 Å². The van der Waals surface area contributed by atoms with Gasteiger partial charge in [0.2, 0.25) is 0 Å². The third-order valence-electron chi connectivity index (χ3n) is 6.65. The second-order valence-corrected chi connectivity index (χ2v) is 9.59. The van der Waals surface area contributed by atoms with Crippen LogP contribution >= 0.6 is 12.2 Å². The molecule has 1 aliphatic rings.